The summed E-state index contributed by atoms with van der Waals surface area (Å²) in [5, 5.41) is 32.8. The SMILES string of the molecule is CC(=O)NCCC(O)C(O)c1ccc(F)cc1[N+](=O)[O-]. The molecule has 7 nitrogen and oxygen atoms in total. The van der Waals surface area contributed by atoms with Crippen LogP contribution in [0.2, 0.25) is 0 Å². The fourth-order valence-corrected chi connectivity index (χ4v) is 1.69. The molecule has 0 saturated carbocycles. The van der Waals surface area contributed by atoms with Gasteiger partial charge in [-0.3, -0.25) is 14.9 Å². The van der Waals surface area contributed by atoms with Crippen molar-refractivity contribution in [2.75, 3.05) is 6.54 Å². The van der Waals surface area contributed by atoms with E-state index in [1.807, 2.05) is 0 Å². The van der Waals surface area contributed by atoms with Crippen molar-refractivity contribution < 1.29 is 24.3 Å². The summed E-state index contributed by atoms with van der Waals surface area (Å²) in [6, 6.07) is 2.70. The first kappa shape index (κ1) is 16.0. The van der Waals surface area contributed by atoms with Crippen LogP contribution in [0.25, 0.3) is 0 Å². The molecule has 0 aliphatic rings. The van der Waals surface area contributed by atoms with Gasteiger partial charge >= 0.3 is 0 Å². The molecule has 110 valence electrons. The third-order valence-electron chi connectivity index (χ3n) is 2.69. The van der Waals surface area contributed by atoms with Gasteiger partial charge in [-0.25, -0.2) is 4.39 Å². The van der Waals surface area contributed by atoms with E-state index in [-0.39, 0.29) is 24.4 Å². The van der Waals surface area contributed by atoms with E-state index >= 15 is 0 Å². The van der Waals surface area contributed by atoms with Gasteiger partial charge in [-0.15, -0.1) is 0 Å². The van der Waals surface area contributed by atoms with Crippen LogP contribution in [0.1, 0.15) is 25.0 Å². The first-order valence-corrected chi connectivity index (χ1v) is 5.87. The predicted molar refractivity (Wildman–Crippen MR) is 67.3 cm³/mol. The molecule has 1 aromatic rings. The molecule has 0 radical (unpaired) electrons. The Morgan fingerprint density at radius 2 is 2.15 bits per heavy atom. The predicted octanol–water partition coefficient (Wildman–Crippen LogP) is 0.654. The zero-order valence-electron chi connectivity index (χ0n) is 10.7. The molecule has 1 amide bonds. The van der Waals surface area contributed by atoms with Gasteiger partial charge in [-0.05, 0) is 18.6 Å². The zero-order chi connectivity index (χ0) is 15.3. The van der Waals surface area contributed by atoms with Crippen LogP contribution in [0.5, 0.6) is 0 Å². The number of nitro groups is 1. The fraction of sp³-hybridized carbons (Fsp3) is 0.417. The maximum Gasteiger partial charge on any atom is 0.278 e. The monoisotopic (exact) mass is 286 g/mol. The molecule has 0 spiro atoms. The second-order valence-electron chi connectivity index (χ2n) is 4.24. The standard InChI is InChI=1S/C12H15FN2O5/c1-7(16)14-5-4-11(17)12(18)9-3-2-8(13)6-10(9)15(19)20/h2-3,6,11-12,17-18H,4-5H2,1H3,(H,14,16). The average molecular weight is 286 g/mol. The van der Waals surface area contributed by atoms with E-state index in [9.17, 15) is 29.5 Å². The van der Waals surface area contributed by atoms with Crippen molar-refractivity contribution >= 4 is 11.6 Å². The number of nitrogens with one attached hydrogen (secondary N) is 1. The Morgan fingerprint density at radius 1 is 1.50 bits per heavy atom. The van der Waals surface area contributed by atoms with Crippen LogP contribution in [-0.2, 0) is 4.79 Å². The number of amides is 1. The second kappa shape index (κ2) is 6.92. The van der Waals surface area contributed by atoms with E-state index in [1.54, 1.807) is 0 Å². The van der Waals surface area contributed by atoms with Crippen molar-refractivity contribution in [3.05, 3.63) is 39.7 Å². The van der Waals surface area contributed by atoms with Gasteiger partial charge in [0, 0.05) is 13.5 Å². The highest BCUT2D eigenvalue weighted by molar-refractivity contribution is 5.72. The van der Waals surface area contributed by atoms with Gasteiger partial charge in [-0.2, -0.15) is 0 Å². The number of carbonyl (C=O) groups is 1. The molecular formula is C12H15FN2O5. The molecule has 1 rings (SSSR count). The Bertz CT molecular complexity index is 509. The van der Waals surface area contributed by atoms with E-state index < -0.39 is 28.6 Å². The number of rotatable bonds is 6. The molecule has 20 heavy (non-hydrogen) atoms. The summed E-state index contributed by atoms with van der Waals surface area (Å²) in [5.41, 5.74) is -0.775. The summed E-state index contributed by atoms with van der Waals surface area (Å²) >= 11 is 0. The lowest BCUT2D eigenvalue weighted by atomic mass is 10.0. The number of carbonyl (C=O) groups excluding carboxylic acids is 1. The van der Waals surface area contributed by atoms with E-state index in [4.69, 9.17) is 0 Å². The van der Waals surface area contributed by atoms with Crippen molar-refractivity contribution in [1.29, 1.82) is 0 Å². The molecule has 0 fully saturated rings. The highest BCUT2D eigenvalue weighted by atomic mass is 19.1. The van der Waals surface area contributed by atoms with E-state index in [0.29, 0.717) is 6.07 Å². The molecule has 2 unspecified atom stereocenters. The van der Waals surface area contributed by atoms with Crippen LogP contribution < -0.4 is 5.32 Å². The minimum atomic E-state index is -1.54. The third kappa shape index (κ3) is 4.25. The van der Waals surface area contributed by atoms with Crippen LogP contribution >= 0.6 is 0 Å². The van der Waals surface area contributed by atoms with E-state index in [1.165, 1.54) is 6.92 Å². The molecule has 8 heteroatoms. The highest BCUT2D eigenvalue weighted by Crippen LogP contribution is 2.28. The largest absolute Gasteiger partial charge is 0.390 e. The summed E-state index contributed by atoms with van der Waals surface area (Å²) in [7, 11) is 0. The normalized spacial score (nSPS) is 13.6. The number of benzene rings is 1. The van der Waals surface area contributed by atoms with Crippen LogP contribution in [0.4, 0.5) is 10.1 Å². The Morgan fingerprint density at radius 3 is 2.70 bits per heavy atom. The molecule has 0 aliphatic carbocycles. The van der Waals surface area contributed by atoms with Crippen LogP contribution in [0.15, 0.2) is 18.2 Å². The molecule has 1 aromatic carbocycles. The number of hydrogen-bond donors (Lipinski definition) is 3. The number of nitro benzene ring substituents is 1. The molecule has 0 aromatic heterocycles. The van der Waals surface area contributed by atoms with Crippen molar-refractivity contribution in [3.8, 4) is 0 Å². The minimum absolute atomic E-state index is 0.00920. The molecule has 0 aliphatic heterocycles. The van der Waals surface area contributed by atoms with Crippen molar-refractivity contribution in [1.82, 2.24) is 5.32 Å². The maximum atomic E-state index is 13.0. The van der Waals surface area contributed by atoms with Gasteiger partial charge in [-0.1, -0.05) is 0 Å². The summed E-state index contributed by atoms with van der Waals surface area (Å²) < 4.78 is 13.0. The Balaban J connectivity index is 2.83. The van der Waals surface area contributed by atoms with Crippen molar-refractivity contribution in [2.24, 2.45) is 0 Å². The number of halogens is 1. The Hall–Kier alpha value is -2.06. The minimum Gasteiger partial charge on any atom is -0.390 e. The van der Waals surface area contributed by atoms with Gasteiger partial charge in [0.2, 0.25) is 5.91 Å². The van der Waals surface area contributed by atoms with Crippen molar-refractivity contribution in [3.63, 3.8) is 0 Å². The van der Waals surface area contributed by atoms with Crippen LogP contribution in [0.3, 0.4) is 0 Å². The average Bonchev–Trinajstić information content (AvgIpc) is 2.37. The fourth-order valence-electron chi connectivity index (χ4n) is 1.69. The number of aliphatic hydroxyl groups is 2. The first-order valence-electron chi connectivity index (χ1n) is 5.87. The van der Waals surface area contributed by atoms with Gasteiger partial charge in [0.15, 0.2) is 0 Å². The number of nitrogens with zero attached hydrogens (tertiary/aromatic N) is 1. The zero-order valence-corrected chi connectivity index (χ0v) is 10.7. The third-order valence-corrected chi connectivity index (χ3v) is 2.69. The van der Waals surface area contributed by atoms with Gasteiger partial charge < -0.3 is 15.5 Å². The van der Waals surface area contributed by atoms with E-state index in [0.717, 1.165) is 12.1 Å². The van der Waals surface area contributed by atoms with Gasteiger partial charge in [0.25, 0.3) is 5.69 Å². The quantitative estimate of drug-likeness (QED) is 0.525. The Labute approximate surface area is 114 Å². The lowest BCUT2D eigenvalue weighted by Crippen LogP contribution is -2.28. The molecular weight excluding hydrogens is 271 g/mol. The second-order valence-corrected chi connectivity index (χ2v) is 4.24. The van der Waals surface area contributed by atoms with Gasteiger partial charge in [0.1, 0.15) is 11.9 Å². The maximum absolute atomic E-state index is 13.0. The highest BCUT2D eigenvalue weighted by Gasteiger charge is 2.26. The lowest BCUT2D eigenvalue weighted by molar-refractivity contribution is -0.386. The summed E-state index contributed by atoms with van der Waals surface area (Å²) in [4.78, 5) is 20.6. The number of aliphatic hydroxyl groups excluding tert-OH is 2. The lowest BCUT2D eigenvalue weighted by Gasteiger charge is -2.18. The smallest absolute Gasteiger partial charge is 0.278 e. The molecule has 0 bridgehead atoms. The number of hydrogen-bond acceptors (Lipinski definition) is 5. The molecule has 0 saturated heterocycles. The van der Waals surface area contributed by atoms with Crippen LogP contribution in [-0.4, -0.2) is 33.7 Å². The molecule has 3 N–H and O–H groups in total. The van der Waals surface area contributed by atoms with E-state index in [2.05, 4.69) is 5.32 Å². The molecule has 0 heterocycles. The van der Waals surface area contributed by atoms with Crippen molar-refractivity contribution in [2.45, 2.75) is 25.6 Å². The summed E-state index contributed by atoms with van der Waals surface area (Å²) in [6.07, 6.45) is -2.84. The molecule has 2 atom stereocenters. The summed E-state index contributed by atoms with van der Waals surface area (Å²) in [6.45, 7) is 1.41. The first-order chi connectivity index (χ1) is 9.32. The van der Waals surface area contributed by atoms with Gasteiger partial charge in [0.05, 0.1) is 22.7 Å². The van der Waals surface area contributed by atoms with Crippen LogP contribution in [0, 0.1) is 15.9 Å². The Kier molecular flexibility index (Phi) is 5.53. The summed E-state index contributed by atoms with van der Waals surface area (Å²) in [5.74, 6) is -1.10. The topological polar surface area (TPSA) is 113 Å².